The molecule has 8 aromatic rings. The van der Waals surface area contributed by atoms with Crippen LogP contribution < -0.4 is 76.4 Å². The van der Waals surface area contributed by atoms with E-state index in [2.05, 4.69) is 182 Å². The molecule has 4 nitrogen and oxygen atoms in total. The van der Waals surface area contributed by atoms with Crippen molar-refractivity contribution in [1.29, 1.82) is 10.5 Å². The Morgan fingerprint density at radius 1 is 0.391 bits per heavy atom. The molecule has 8 rings (SSSR count). The van der Waals surface area contributed by atoms with E-state index in [9.17, 15) is 9.97 Å². The monoisotopic (exact) mass is 1190 g/mol. The molecule has 0 N–H and O–H groups in total. The van der Waals surface area contributed by atoms with Crippen molar-refractivity contribution < 1.29 is 59.0 Å². The van der Waals surface area contributed by atoms with Gasteiger partial charge in [0.05, 0.1) is 12.1 Å². The molecule has 0 bridgehead atoms. The summed E-state index contributed by atoms with van der Waals surface area (Å²) in [5.41, 5.74) is -0.0325. The first-order chi connectivity index (χ1) is 29.9. The van der Waals surface area contributed by atoms with E-state index >= 15 is 0 Å². The molecule has 10 heteroatoms. The SMILES string of the molecule is CC#N.CC#N.CC(=[N-])P(=O)(c1ccccc1)c1ccccc1.[Br-].[Br-].[Re].c1ccc(P(c2ccccc2)c2ccccc2)cc1.c1ccc(P(c2ccccc2)c2ccccc2)cc1. The summed E-state index contributed by atoms with van der Waals surface area (Å²) < 4.78 is 13.0. The Morgan fingerprint density at radius 2 is 0.531 bits per heavy atom. The zero-order valence-electron chi connectivity index (χ0n) is 35.8. The van der Waals surface area contributed by atoms with Gasteiger partial charge in [0, 0.05) is 44.9 Å². The van der Waals surface area contributed by atoms with Gasteiger partial charge in [-0.3, -0.25) is 0 Å². The summed E-state index contributed by atoms with van der Waals surface area (Å²) in [4.78, 5) is 0. The van der Waals surface area contributed by atoms with Crippen molar-refractivity contribution in [3.05, 3.63) is 248 Å². The molecule has 0 spiro atoms. The Bertz CT molecular complexity index is 2210. The number of nitriles is 2. The number of halogens is 2. The third kappa shape index (κ3) is 17.6. The van der Waals surface area contributed by atoms with Crippen molar-refractivity contribution in [2.45, 2.75) is 20.8 Å². The maximum Gasteiger partial charge on any atom is 0.144 e. The molecule has 0 fully saturated rings. The molecule has 0 heterocycles. The smallest absolute Gasteiger partial charge is 0.144 e. The van der Waals surface area contributed by atoms with E-state index in [-0.39, 0.29) is 59.8 Å². The minimum atomic E-state index is -3.02. The molecule has 0 atom stereocenters. The topological polar surface area (TPSA) is 86.9 Å². The molecule has 0 amide bonds. The second kappa shape index (κ2) is 32.7. The molecule has 0 aliphatic rings. The molecule has 0 saturated carbocycles. The number of hydrogen-bond acceptors (Lipinski definition) is 3. The summed E-state index contributed by atoms with van der Waals surface area (Å²) in [6.45, 7) is 4.36. The van der Waals surface area contributed by atoms with Gasteiger partial charge in [-0.2, -0.15) is 10.5 Å². The van der Waals surface area contributed by atoms with Gasteiger partial charge in [0.2, 0.25) is 0 Å². The maximum atomic E-state index is 13.0. The average molecular weight is 1190 g/mol. The van der Waals surface area contributed by atoms with Gasteiger partial charge < -0.3 is 43.9 Å². The van der Waals surface area contributed by atoms with E-state index in [1.54, 1.807) is 36.4 Å². The minimum Gasteiger partial charge on any atom is -1.00 e. The van der Waals surface area contributed by atoms with E-state index < -0.39 is 23.0 Å². The fraction of sp³-hybridized carbons (Fsp3) is 0.0556. The van der Waals surface area contributed by atoms with Gasteiger partial charge in [-0.15, -0.1) is 5.45 Å². The van der Waals surface area contributed by atoms with Crippen LogP contribution in [0.15, 0.2) is 243 Å². The zero-order chi connectivity index (χ0) is 43.5. The van der Waals surface area contributed by atoms with Crippen LogP contribution in [0.25, 0.3) is 5.41 Å². The molecular weight excluding hydrogens is 1150 g/mol. The number of hydrogen-bond donors (Lipinski definition) is 0. The van der Waals surface area contributed by atoms with Gasteiger partial charge in [-0.05, 0) is 47.7 Å². The van der Waals surface area contributed by atoms with Gasteiger partial charge in [-0.25, -0.2) is 0 Å². The summed E-state index contributed by atoms with van der Waals surface area (Å²) in [7, 11) is -3.92. The first-order valence-electron chi connectivity index (χ1n) is 19.7. The largest absolute Gasteiger partial charge is 1.00 e. The van der Waals surface area contributed by atoms with Crippen LogP contribution in [0.3, 0.4) is 0 Å². The predicted molar refractivity (Wildman–Crippen MR) is 267 cm³/mol. The van der Waals surface area contributed by atoms with Gasteiger partial charge in [0.25, 0.3) is 0 Å². The Morgan fingerprint density at radius 3 is 0.672 bits per heavy atom. The first-order valence-corrected chi connectivity index (χ1v) is 24.0. The summed E-state index contributed by atoms with van der Waals surface area (Å²) >= 11 is 0. The van der Waals surface area contributed by atoms with Crippen molar-refractivity contribution in [2.75, 3.05) is 0 Å². The predicted octanol–water partition coefficient (Wildman–Crippen LogP) is 4.94. The van der Waals surface area contributed by atoms with Crippen molar-refractivity contribution in [1.82, 2.24) is 0 Å². The molecule has 325 valence electrons. The molecule has 1 radical (unpaired) electrons. The number of benzene rings is 8. The Kier molecular flexibility index (Phi) is 29.2. The fourth-order valence-electron chi connectivity index (χ4n) is 6.16. The summed E-state index contributed by atoms with van der Waals surface area (Å²) in [5.74, 6) is 0. The average Bonchev–Trinajstić information content (AvgIpc) is 3.32. The van der Waals surface area contributed by atoms with Crippen LogP contribution in [0.5, 0.6) is 0 Å². The molecule has 0 aromatic heterocycles. The fourth-order valence-corrected chi connectivity index (χ4v) is 13.0. The van der Waals surface area contributed by atoms with Crippen LogP contribution in [-0.2, 0) is 25.0 Å². The minimum absolute atomic E-state index is 0. The summed E-state index contributed by atoms with van der Waals surface area (Å²) in [6.07, 6.45) is 0. The summed E-state index contributed by atoms with van der Waals surface area (Å²) in [6, 6.07) is 86.3. The van der Waals surface area contributed by atoms with Crippen LogP contribution in [0.2, 0.25) is 0 Å². The third-order valence-electron chi connectivity index (χ3n) is 8.78. The first kappa shape index (κ1) is 57.1. The van der Waals surface area contributed by atoms with Crippen molar-refractivity contribution >= 4 is 70.9 Å². The van der Waals surface area contributed by atoms with Gasteiger partial charge >= 0.3 is 0 Å². The van der Waals surface area contributed by atoms with Crippen LogP contribution in [0.1, 0.15) is 20.8 Å². The van der Waals surface area contributed by atoms with Crippen LogP contribution >= 0.6 is 23.0 Å². The van der Waals surface area contributed by atoms with Crippen molar-refractivity contribution in [2.24, 2.45) is 0 Å². The molecule has 8 aromatic carbocycles. The van der Waals surface area contributed by atoms with Crippen LogP contribution in [0, 0.1) is 22.7 Å². The van der Waals surface area contributed by atoms with Crippen molar-refractivity contribution in [3.8, 4) is 12.1 Å². The molecular formula is C54H49Br2N3OP3Re-3. The second-order valence-corrected chi connectivity index (χ2v) is 20.3. The van der Waals surface area contributed by atoms with Crippen LogP contribution in [0.4, 0.5) is 0 Å². The van der Waals surface area contributed by atoms with E-state index in [4.69, 9.17) is 10.5 Å². The second-order valence-electron chi connectivity index (χ2n) is 13.0. The quantitative estimate of drug-likeness (QED) is 0.152. The molecule has 0 unspecified atom stereocenters. The molecule has 0 aliphatic carbocycles. The van der Waals surface area contributed by atoms with Crippen LogP contribution in [-0.4, -0.2) is 5.45 Å². The molecule has 64 heavy (non-hydrogen) atoms. The maximum absolute atomic E-state index is 13.0. The standard InChI is InChI=1S/2C18H15P.C14H13NOP.2C2H3N.2BrH.Re/c2*1-4-10-16(11-5-1)19(17-12-6-2-7-13-17)18-14-8-3-9-15-18;1-12(15)17(16,13-8-4-2-5-9-13)14-10-6-3-7-11-14;2*1-2-3;;;/h2*1-15H;2-11H,1H3;2*1H3;2*1H;/q;;-1;;;;;/p-2. The third-order valence-corrected chi connectivity index (χ3v) is 16.6. The van der Waals surface area contributed by atoms with E-state index in [0.717, 1.165) is 0 Å². The Balaban J connectivity index is 0.000000442. The molecule has 0 saturated heterocycles. The number of nitrogens with zero attached hydrogens (tertiary/aromatic N) is 3. The van der Waals surface area contributed by atoms with E-state index in [0.29, 0.717) is 10.6 Å². The number of rotatable bonds is 9. The van der Waals surface area contributed by atoms with E-state index in [1.807, 2.05) is 36.4 Å². The van der Waals surface area contributed by atoms with Crippen molar-refractivity contribution in [3.63, 3.8) is 0 Å². The summed E-state index contributed by atoms with van der Waals surface area (Å²) in [5, 5.41) is 34.2. The van der Waals surface area contributed by atoms with Gasteiger partial charge in [-0.1, -0.05) is 250 Å². The van der Waals surface area contributed by atoms with Gasteiger partial charge in [0.15, 0.2) is 0 Å². The normalized spacial score (nSPS) is 9.48. The molecule has 0 aliphatic heterocycles. The Hall–Kier alpha value is -4.88. The Labute approximate surface area is 418 Å². The van der Waals surface area contributed by atoms with Gasteiger partial charge in [0.1, 0.15) is 7.14 Å². The zero-order valence-corrected chi connectivity index (χ0v) is 44.4. The van der Waals surface area contributed by atoms with E-state index in [1.165, 1.54) is 52.6 Å².